The third-order valence-electron chi connectivity index (χ3n) is 2.61. The zero-order valence-electron chi connectivity index (χ0n) is 8.44. The van der Waals surface area contributed by atoms with Crippen molar-refractivity contribution in [1.29, 1.82) is 0 Å². The maximum Gasteiger partial charge on any atom is 0.123 e. The van der Waals surface area contributed by atoms with Gasteiger partial charge in [0, 0.05) is 18.8 Å². The van der Waals surface area contributed by atoms with Crippen molar-refractivity contribution < 1.29 is 5.11 Å². The van der Waals surface area contributed by atoms with Gasteiger partial charge in [0.2, 0.25) is 0 Å². The zero-order chi connectivity index (χ0) is 9.90. The van der Waals surface area contributed by atoms with Crippen LogP contribution in [0.3, 0.4) is 0 Å². The Morgan fingerprint density at radius 3 is 2.46 bits per heavy atom. The number of aliphatic hydroxyl groups excluding tert-OH is 1. The van der Waals surface area contributed by atoms with Gasteiger partial charge in [0.25, 0.3) is 0 Å². The van der Waals surface area contributed by atoms with Crippen LogP contribution in [-0.4, -0.2) is 38.0 Å². The van der Waals surface area contributed by atoms with Gasteiger partial charge in [0.05, 0.1) is 6.10 Å². The van der Waals surface area contributed by atoms with E-state index in [2.05, 4.69) is 22.0 Å². The maximum atomic E-state index is 9.80. The molecular weight excluding hydrogens is 166 g/mol. The van der Waals surface area contributed by atoms with Crippen LogP contribution in [0.5, 0.6) is 0 Å². The highest BCUT2D eigenvalue weighted by Gasteiger charge is 2.36. The molecule has 1 aliphatic carbocycles. The summed E-state index contributed by atoms with van der Waals surface area (Å²) in [7, 11) is 5.49. The van der Waals surface area contributed by atoms with Gasteiger partial charge >= 0.3 is 0 Å². The SMILES string of the molecule is CNC1=[C]C(NC)(NC)C(O)CC1. The molecular formula is C9H18N3O. The van der Waals surface area contributed by atoms with E-state index in [0.717, 1.165) is 18.5 Å². The van der Waals surface area contributed by atoms with E-state index in [1.54, 1.807) is 0 Å². The van der Waals surface area contributed by atoms with E-state index >= 15 is 0 Å². The molecule has 0 fully saturated rings. The number of hydrogen-bond donors (Lipinski definition) is 4. The predicted molar refractivity (Wildman–Crippen MR) is 51.9 cm³/mol. The summed E-state index contributed by atoms with van der Waals surface area (Å²) < 4.78 is 0. The molecule has 0 bridgehead atoms. The Balaban J connectivity index is 2.89. The van der Waals surface area contributed by atoms with Crippen LogP contribution in [0.2, 0.25) is 0 Å². The zero-order valence-corrected chi connectivity index (χ0v) is 8.44. The Hall–Kier alpha value is -0.580. The van der Waals surface area contributed by atoms with E-state index in [0.29, 0.717) is 0 Å². The molecule has 4 heteroatoms. The van der Waals surface area contributed by atoms with Crippen LogP contribution < -0.4 is 16.0 Å². The van der Waals surface area contributed by atoms with E-state index in [9.17, 15) is 5.11 Å². The lowest BCUT2D eigenvalue weighted by molar-refractivity contribution is 0.0553. The maximum absolute atomic E-state index is 9.80. The summed E-state index contributed by atoms with van der Waals surface area (Å²) in [6.45, 7) is 0. The molecule has 0 spiro atoms. The molecule has 4 N–H and O–H groups in total. The second-order valence-electron chi connectivity index (χ2n) is 3.22. The topological polar surface area (TPSA) is 56.3 Å². The van der Waals surface area contributed by atoms with Gasteiger partial charge in [-0.05, 0) is 26.9 Å². The minimum atomic E-state index is -0.601. The number of hydrogen-bond acceptors (Lipinski definition) is 4. The third kappa shape index (κ3) is 1.85. The molecule has 0 saturated heterocycles. The first-order chi connectivity index (χ1) is 6.18. The summed E-state index contributed by atoms with van der Waals surface area (Å²) in [6, 6.07) is 0. The van der Waals surface area contributed by atoms with E-state index in [1.807, 2.05) is 21.1 Å². The fourth-order valence-corrected chi connectivity index (χ4v) is 1.65. The van der Waals surface area contributed by atoms with Gasteiger partial charge in [0.1, 0.15) is 5.66 Å². The first kappa shape index (κ1) is 10.5. The molecule has 4 nitrogen and oxygen atoms in total. The van der Waals surface area contributed by atoms with Crippen LogP contribution in [0.25, 0.3) is 0 Å². The Labute approximate surface area is 79.4 Å². The summed E-state index contributed by atoms with van der Waals surface area (Å²) in [6.07, 6.45) is 4.36. The number of aliphatic hydroxyl groups is 1. The van der Waals surface area contributed by atoms with Crippen LogP contribution in [-0.2, 0) is 0 Å². The summed E-state index contributed by atoms with van der Waals surface area (Å²) in [5.41, 5.74) is 0.436. The van der Waals surface area contributed by atoms with Crippen molar-refractivity contribution in [3.63, 3.8) is 0 Å². The number of rotatable bonds is 3. The largest absolute Gasteiger partial charge is 0.391 e. The molecule has 0 aliphatic heterocycles. The molecule has 0 aromatic heterocycles. The van der Waals surface area contributed by atoms with E-state index in [-0.39, 0.29) is 0 Å². The molecule has 13 heavy (non-hydrogen) atoms. The minimum Gasteiger partial charge on any atom is -0.391 e. The number of allylic oxidation sites excluding steroid dienone is 1. The first-order valence-corrected chi connectivity index (χ1v) is 4.56. The molecule has 1 aliphatic rings. The quantitative estimate of drug-likeness (QED) is 0.433. The number of likely N-dealkylation sites (N-methyl/N-ethyl adjacent to an activating group) is 2. The molecule has 0 saturated carbocycles. The van der Waals surface area contributed by atoms with E-state index in [4.69, 9.17) is 0 Å². The van der Waals surface area contributed by atoms with Crippen LogP contribution in [0.15, 0.2) is 5.70 Å². The Morgan fingerprint density at radius 2 is 2.00 bits per heavy atom. The monoisotopic (exact) mass is 184 g/mol. The van der Waals surface area contributed by atoms with Crippen molar-refractivity contribution in [2.24, 2.45) is 0 Å². The predicted octanol–water partition coefficient (Wildman–Crippen LogP) is -0.817. The van der Waals surface area contributed by atoms with Gasteiger partial charge in [-0.15, -0.1) is 0 Å². The van der Waals surface area contributed by atoms with Gasteiger partial charge in [0.15, 0.2) is 0 Å². The Kier molecular flexibility index (Phi) is 3.30. The minimum absolute atomic E-state index is 0.431. The molecule has 1 radical (unpaired) electrons. The second-order valence-corrected chi connectivity index (χ2v) is 3.22. The lowest BCUT2D eigenvalue weighted by atomic mass is 9.90. The van der Waals surface area contributed by atoms with E-state index in [1.165, 1.54) is 0 Å². The molecule has 75 valence electrons. The molecule has 0 heterocycles. The lowest BCUT2D eigenvalue weighted by Crippen LogP contribution is -2.62. The highest BCUT2D eigenvalue weighted by atomic mass is 16.3. The highest BCUT2D eigenvalue weighted by Crippen LogP contribution is 2.22. The van der Waals surface area contributed by atoms with Gasteiger partial charge in [-0.2, -0.15) is 0 Å². The van der Waals surface area contributed by atoms with Crippen molar-refractivity contribution in [1.82, 2.24) is 16.0 Å². The normalized spacial score (nSPS) is 26.8. The Bertz CT molecular complexity index is 199. The average molecular weight is 184 g/mol. The van der Waals surface area contributed by atoms with Crippen LogP contribution in [0.1, 0.15) is 12.8 Å². The lowest BCUT2D eigenvalue weighted by Gasteiger charge is -2.38. The number of nitrogens with one attached hydrogen (secondary N) is 3. The molecule has 0 amide bonds. The molecule has 1 atom stereocenters. The van der Waals surface area contributed by atoms with Crippen molar-refractivity contribution >= 4 is 0 Å². The van der Waals surface area contributed by atoms with Crippen molar-refractivity contribution in [3.05, 3.63) is 11.8 Å². The average Bonchev–Trinajstić information content (AvgIpc) is 2.19. The van der Waals surface area contributed by atoms with E-state index < -0.39 is 11.8 Å². The van der Waals surface area contributed by atoms with Crippen molar-refractivity contribution in [2.45, 2.75) is 24.6 Å². The first-order valence-electron chi connectivity index (χ1n) is 4.56. The highest BCUT2D eigenvalue weighted by molar-refractivity contribution is 5.13. The third-order valence-corrected chi connectivity index (χ3v) is 2.61. The fraction of sp³-hybridized carbons (Fsp3) is 0.778. The summed E-state index contributed by atoms with van der Waals surface area (Å²) >= 11 is 0. The van der Waals surface area contributed by atoms with Crippen molar-refractivity contribution in [3.8, 4) is 0 Å². The van der Waals surface area contributed by atoms with Crippen LogP contribution in [0.4, 0.5) is 0 Å². The van der Waals surface area contributed by atoms with Gasteiger partial charge < -0.3 is 10.4 Å². The summed E-state index contributed by atoms with van der Waals surface area (Å²) in [5, 5.41) is 19.0. The van der Waals surface area contributed by atoms with Gasteiger partial charge in [-0.25, -0.2) is 0 Å². The Morgan fingerprint density at radius 1 is 1.38 bits per heavy atom. The molecule has 1 rings (SSSR count). The smallest absolute Gasteiger partial charge is 0.123 e. The molecule has 0 aromatic carbocycles. The fourth-order valence-electron chi connectivity index (χ4n) is 1.65. The van der Waals surface area contributed by atoms with Crippen LogP contribution >= 0.6 is 0 Å². The second kappa shape index (κ2) is 4.09. The summed E-state index contributed by atoms with van der Waals surface area (Å²) in [4.78, 5) is 0. The molecule has 1 unspecified atom stereocenters. The van der Waals surface area contributed by atoms with Gasteiger partial charge in [-0.1, -0.05) is 0 Å². The van der Waals surface area contributed by atoms with Crippen molar-refractivity contribution in [2.75, 3.05) is 21.1 Å². The standard InChI is InChI=1S/C9H18N3O/c1-10-7-4-5-8(13)9(6-7,11-2)12-3/h8,10-13H,4-5H2,1-3H3. The molecule has 0 aromatic rings. The summed E-state index contributed by atoms with van der Waals surface area (Å²) in [5.74, 6) is 0. The van der Waals surface area contributed by atoms with Crippen LogP contribution in [0, 0.1) is 6.08 Å². The van der Waals surface area contributed by atoms with Gasteiger partial charge in [-0.3, -0.25) is 10.6 Å².